The molecule has 0 spiro atoms. The van der Waals surface area contributed by atoms with E-state index < -0.39 is 0 Å². The maximum Gasteiger partial charge on any atom is 0.0997 e. The lowest BCUT2D eigenvalue weighted by Crippen LogP contribution is -2.41. The molecule has 1 unspecified atom stereocenters. The first-order chi connectivity index (χ1) is 9.10. The predicted octanol–water partition coefficient (Wildman–Crippen LogP) is 4.38. The Morgan fingerprint density at radius 3 is 2.26 bits per heavy atom. The topological polar surface area (TPSA) is 6.48 Å². The van der Waals surface area contributed by atoms with Crippen molar-refractivity contribution in [3.8, 4) is 11.8 Å². The molecule has 1 aromatic carbocycles. The first-order valence-electron chi connectivity index (χ1n) is 6.14. The first kappa shape index (κ1) is 14.8. The molecule has 1 aromatic rings. The van der Waals surface area contributed by atoms with Crippen LogP contribution in [0.4, 0.5) is 11.4 Å². The SMILES string of the molecule is CCN1c2cc(Cl)c(Cl)cc2N(CC#CCBr)C1C. The van der Waals surface area contributed by atoms with Gasteiger partial charge < -0.3 is 9.80 Å². The summed E-state index contributed by atoms with van der Waals surface area (Å²) in [7, 11) is 0. The highest BCUT2D eigenvalue weighted by atomic mass is 79.9. The summed E-state index contributed by atoms with van der Waals surface area (Å²) in [5.41, 5.74) is 2.23. The third-order valence-corrected chi connectivity index (χ3v) is 4.32. The summed E-state index contributed by atoms with van der Waals surface area (Å²) < 4.78 is 0. The molecule has 19 heavy (non-hydrogen) atoms. The zero-order valence-electron chi connectivity index (χ0n) is 10.9. The molecule has 102 valence electrons. The van der Waals surface area contributed by atoms with Gasteiger partial charge in [0.1, 0.15) is 0 Å². The lowest BCUT2D eigenvalue weighted by atomic mass is 10.2. The number of hydrogen-bond donors (Lipinski definition) is 0. The molecule has 0 saturated heterocycles. The number of fused-ring (bicyclic) bond motifs is 1. The summed E-state index contributed by atoms with van der Waals surface area (Å²) in [5, 5.41) is 1.88. The molecule has 0 N–H and O–H groups in total. The molecule has 0 radical (unpaired) electrons. The normalized spacial score (nSPS) is 17.2. The molecule has 5 heteroatoms. The van der Waals surface area contributed by atoms with E-state index in [1.807, 2.05) is 12.1 Å². The third-order valence-electron chi connectivity index (χ3n) is 3.32. The summed E-state index contributed by atoms with van der Waals surface area (Å²) in [6.07, 6.45) is 0.263. The number of hydrogen-bond acceptors (Lipinski definition) is 2. The molecule has 1 aliphatic heterocycles. The molecule has 1 aliphatic rings. The van der Waals surface area contributed by atoms with Gasteiger partial charge in [-0.15, -0.1) is 0 Å². The zero-order chi connectivity index (χ0) is 14.0. The van der Waals surface area contributed by atoms with Gasteiger partial charge in [0.15, 0.2) is 0 Å². The van der Waals surface area contributed by atoms with Gasteiger partial charge in [-0.05, 0) is 26.0 Å². The molecule has 1 heterocycles. The number of anilines is 2. The van der Waals surface area contributed by atoms with Crippen LogP contribution < -0.4 is 9.80 Å². The van der Waals surface area contributed by atoms with Gasteiger partial charge in [0.2, 0.25) is 0 Å². The molecule has 0 fully saturated rings. The molecule has 2 rings (SSSR count). The van der Waals surface area contributed by atoms with Crippen molar-refractivity contribution < 1.29 is 0 Å². The van der Waals surface area contributed by atoms with Crippen LogP contribution in [0, 0.1) is 11.8 Å². The fraction of sp³-hybridized carbons (Fsp3) is 0.429. The zero-order valence-corrected chi connectivity index (χ0v) is 14.0. The van der Waals surface area contributed by atoms with Crippen LogP contribution in [-0.2, 0) is 0 Å². The van der Waals surface area contributed by atoms with Gasteiger partial charge in [-0.3, -0.25) is 0 Å². The molecule has 2 nitrogen and oxygen atoms in total. The van der Waals surface area contributed by atoms with E-state index in [1.54, 1.807) is 0 Å². The Balaban J connectivity index is 2.41. The second-order valence-electron chi connectivity index (χ2n) is 4.29. The summed E-state index contributed by atoms with van der Waals surface area (Å²) in [6, 6.07) is 3.87. The number of rotatable bonds is 2. The van der Waals surface area contributed by atoms with E-state index in [1.165, 1.54) is 0 Å². The molecule has 0 saturated carbocycles. The van der Waals surface area contributed by atoms with E-state index in [-0.39, 0.29) is 6.17 Å². The second-order valence-corrected chi connectivity index (χ2v) is 5.66. The maximum atomic E-state index is 6.14. The summed E-state index contributed by atoms with van der Waals surface area (Å²) >= 11 is 15.6. The first-order valence-corrected chi connectivity index (χ1v) is 8.01. The smallest absolute Gasteiger partial charge is 0.0997 e. The van der Waals surface area contributed by atoms with Crippen LogP contribution in [0.3, 0.4) is 0 Å². The van der Waals surface area contributed by atoms with Crippen molar-refractivity contribution in [3.63, 3.8) is 0 Å². The van der Waals surface area contributed by atoms with Gasteiger partial charge in [-0.25, -0.2) is 0 Å². The van der Waals surface area contributed by atoms with Crippen molar-refractivity contribution in [3.05, 3.63) is 22.2 Å². The molecule has 0 aliphatic carbocycles. The molecular formula is C14H15BrCl2N2. The highest BCUT2D eigenvalue weighted by molar-refractivity contribution is 9.09. The van der Waals surface area contributed by atoms with Gasteiger partial charge in [-0.1, -0.05) is 51.0 Å². The van der Waals surface area contributed by atoms with Gasteiger partial charge in [0.05, 0.1) is 39.5 Å². The van der Waals surface area contributed by atoms with E-state index >= 15 is 0 Å². The standard InChI is InChI=1S/C14H15BrCl2N2/c1-3-18-10(2)19(7-5-4-6-15)14-9-12(17)11(16)8-13(14)18/h8-10H,3,6-7H2,1-2H3. The van der Waals surface area contributed by atoms with Crippen LogP contribution in [-0.4, -0.2) is 24.6 Å². The lowest BCUT2D eigenvalue weighted by Gasteiger charge is -2.27. The summed E-state index contributed by atoms with van der Waals surface area (Å²) in [4.78, 5) is 4.55. The minimum atomic E-state index is 0.263. The largest absolute Gasteiger partial charge is 0.350 e. The number of nitrogens with zero attached hydrogens (tertiary/aromatic N) is 2. The van der Waals surface area contributed by atoms with E-state index in [0.717, 1.165) is 17.9 Å². The Bertz CT molecular complexity index is 536. The van der Waals surface area contributed by atoms with E-state index in [0.29, 0.717) is 21.9 Å². The van der Waals surface area contributed by atoms with Crippen LogP contribution in [0.1, 0.15) is 13.8 Å². The average molecular weight is 362 g/mol. The highest BCUT2D eigenvalue weighted by Gasteiger charge is 2.32. The van der Waals surface area contributed by atoms with Crippen molar-refractivity contribution in [1.29, 1.82) is 0 Å². The van der Waals surface area contributed by atoms with E-state index in [2.05, 4.69) is 51.4 Å². The third kappa shape index (κ3) is 2.81. The van der Waals surface area contributed by atoms with Crippen LogP contribution in [0.2, 0.25) is 10.0 Å². The van der Waals surface area contributed by atoms with Gasteiger partial charge in [0.25, 0.3) is 0 Å². The minimum absolute atomic E-state index is 0.263. The quantitative estimate of drug-likeness (QED) is 0.569. The van der Waals surface area contributed by atoms with Crippen molar-refractivity contribution in [1.82, 2.24) is 0 Å². The fourth-order valence-corrected chi connectivity index (χ4v) is 2.91. The Kier molecular flexibility index (Phi) is 4.89. The number of benzene rings is 1. The Morgan fingerprint density at radius 1 is 1.16 bits per heavy atom. The molecule has 0 amide bonds. The lowest BCUT2D eigenvalue weighted by molar-refractivity contribution is 0.658. The monoisotopic (exact) mass is 360 g/mol. The molecular weight excluding hydrogens is 347 g/mol. The highest BCUT2D eigenvalue weighted by Crippen LogP contribution is 2.43. The van der Waals surface area contributed by atoms with E-state index in [9.17, 15) is 0 Å². The van der Waals surface area contributed by atoms with E-state index in [4.69, 9.17) is 23.2 Å². The Hall–Kier alpha value is -0.560. The second kappa shape index (κ2) is 6.26. The fourth-order valence-electron chi connectivity index (χ4n) is 2.40. The van der Waals surface area contributed by atoms with Crippen molar-refractivity contribution in [2.24, 2.45) is 0 Å². The van der Waals surface area contributed by atoms with Gasteiger partial charge in [-0.2, -0.15) is 0 Å². The number of alkyl halides is 1. The molecule has 0 aromatic heterocycles. The minimum Gasteiger partial charge on any atom is -0.350 e. The Labute approximate surface area is 132 Å². The van der Waals surface area contributed by atoms with Crippen LogP contribution in [0.15, 0.2) is 12.1 Å². The Morgan fingerprint density at radius 2 is 1.74 bits per heavy atom. The van der Waals surface area contributed by atoms with Gasteiger partial charge >= 0.3 is 0 Å². The van der Waals surface area contributed by atoms with Crippen molar-refractivity contribution in [2.45, 2.75) is 20.0 Å². The number of halogens is 3. The average Bonchev–Trinajstić information content (AvgIpc) is 2.63. The van der Waals surface area contributed by atoms with Crippen molar-refractivity contribution >= 4 is 50.5 Å². The predicted molar refractivity (Wildman–Crippen MR) is 87.9 cm³/mol. The summed E-state index contributed by atoms with van der Waals surface area (Å²) in [5.74, 6) is 6.19. The van der Waals surface area contributed by atoms with Crippen LogP contribution >= 0.6 is 39.1 Å². The van der Waals surface area contributed by atoms with Crippen molar-refractivity contribution in [2.75, 3.05) is 28.2 Å². The molecule has 0 bridgehead atoms. The maximum absolute atomic E-state index is 6.14. The van der Waals surface area contributed by atoms with Crippen LogP contribution in [0.25, 0.3) is 0 Å². The summed E-state index contributed by atoms with van der Waals surface area (Å²) in [6.45, 7) is 5.92. The van der Waals surface area contributed by atoms with Crippen LogP contribution in [0.5, 0.6) is 0 Å². The molecule has 1 atom stereocenters. The van der Waals surface area contributed by atoms with Gasteiger partial charge in [0, 0.05) is 6.54 Å².